The maximum Gasteiger partial charge on any atom is 0.273 e. The van der Waals surface area contributed by atoms with Gasteiger partial charge in [0.25, 0.3) is 5.69 Å². The molecule has 7 nitrogen and oxygen atoms in total. The Bertz CT molecular complexity index is 498. The first-order chi connectivity index (χ1) is 8.25. The fourth-order valence-corrected chi connectivity index (χ4v) is 1.29. The van der Waals surface area contributed by atoms with Crippen LogP contribution in [-0.4, -0.2) is 26.3 Å². The molecule has 0 radical (unpaired) electrons. The largest absolute Gasteiger partial charge is 0.491 e. The molecule has 0 bridgehead atoms. The Labute approximate surface area is 96.8 Å². The summed E-state index contributed by atoms with van der Waals surface area (Å²) in [5.74, 6) is 0.472. The molecule has 1 heterocycles. The van der Waals surface area contributed by atoms with Crippen molar-refractivity contribution in [1.29, 1.82) is 0 Å². The van der Waals surface area contributed by atoms with Crippen LogP contribution in [0.4, 0.5) is 5.69 Å². The van der Waals surface area contributed by atoms with Crippen LogP contribution >= 0.6 is 0 Å². The molecule has 0 saturated heterocycles. The van der Waals surface area contributed by atoms with Crippen molar-refractivity contribution in [2.24, 2.45) is 0 Å². The molecule has 2 rings (SSSR count). The quantitative estimate of drug-likeness (QED) is 0.574. The predicted molar refractivity (Wildman–Crippen MR) is 58.6 cm³/mol. The van der Waals surface area contributed by atoms with Gasteiger partial charge in [0.2, 0.25) is 0 Å². The van der Waals surface area contributed by atoms with Gasteiger partial charge >= 0.3 is 0 Å². The van der Waals surface area contributed by atoms with Crippen molar-refractivity contribution >= 4 is 5.69 Å². The van der Waals surface area contributed by atoms with E-state index in [-0.39, 0.29) is 5.69 Å². The molecular weight excluding hydrogens is 224 g/mol. The van der Waals surface area contributed by atoms with Crippen LogP contribution in [-0.2, 0) is 6.54 Å². The third-order valence-electron chi connectivity index (χ3n) is 2.08. The summed E-state index contributed by atoms with van der Waals surface area (Å²) >= 11 is 0. The van der Waals surface area contributed by atoms with E-state index >= 15 is 0 Å². The molecule has 2 aromatic rings. The fourth-order valence-electron chi connectivity index (χ4n) is 1.29. The van der Waals surface area contributed by atoms with Gasteiger partial charge in [0.15, 0.2) is 0 Å². The van der Waals surface area contributed by atoms with Crippen LogP contribution in [0.5, 0.6) is 5.75 Å². The average molecular weight is 234 g/mol. The van der Waals surface area contributed by atoms with Crippen LogP contribution < -0.4 is 4.74 Å². The minimum Gasteiger partial charge on any atom is -0.491 e. The number of non-ortho nitro benzene ring substituents is 1. The molecule has 0 unspecified atom stereocenters. The monoisotopic (exact) mass is 234 g/mol. The minimum absolute atomic E-state index is 0.0169. The lowest BCUT2D eigenvalue weighted by Gasteiger charge is -2.05. The Morgan fingerprint density at radius 3 is 3.06 bits per heavy atom. The number of rotatable bonds is 5. The molecule has 88 valence electrons. The predicted octanol–water partition coefficient (Wildman–Crippen LogP) is 1.27. The van der Waals surface area contributed by atoms with Gasteiger partial charge < -0.3 is 4.74 Å². The number of hydrogen-bond donors (Lipinski definition) is 0. The van der Waals surface area contributed by atoms with E-state index in [1.807, 2.05) is 0 Å². The van der Waals surface area contributed by atoms with Crippen molar-refractivity contribution in [2.45, 2.75) is 6.54 Å². The zero-order chi connectivity index (χ0) is 12.1. The molecule has 1 aromatic carbocycles. The Hall–Kier alpha value is -2.44. The van der Waals surface area contributed by atoms with Gasteiger partial charge in [-0.2, -0.15) is 5.10 Å². The molecular formula is C10H10N4O3. The maximum atomic E-state index is 10.5. The fraction of sp³-hybridized carbons (Fsp3) is 0.200. The van der Waals surface area contributed by atoms with Gasteiger partial charge in [0.05, 0.1) is 17.5 Å². The molecule has 1 aromatic heterocycles. The molecule has 17 heavy (non-hydrogen) atoms. The standard InChI is InChI=1S/C10H10N4O3/c15-14(16)9-2-1-3-10(6-9)17-5-4-13-8-11-7-12-13/h1-3,6-8H,4-5H2. The highest BCUT2D eigenvalue weighted by atomic mass is 16.6. The number of nitro benzene ring substituents is 1. The first-order valence-corrected chi connectivity index (χ1v) is 4.95. The van der Waals surface area contributed by atoms with Crippen molar-refractivity contribution < 1.29 is 9.66 Å². The summed E-state index contributed by atoms with van der Waals surface area (Å²) in [6.07, 6.45) is 3.02. The number of ether oxygens (including phenoxy) is 1. The second-order valence-corrected chi connectivity index (χ2v) is 3.26. The van der Waals surface area contributed by atoms with Crippen molar-refractivity contribution in [3.8, 4) is 5.75 Å². The van der Waals surface area contributed by atoms with Gasteiger partial charge in [0, 0.05) is 6.07 Å². The lowest BCUT2D eigenvalue weighted by atomic mass is 10.3. The number of hydrogen-bond acceptors (Lipinski definition) is 5. The van der Waals surface area contributed by atoms with Crippen molar-refractivity contribution in [3.05, 3.63) is 47.0 Å². The van der Waals surface area contributed by atoms with Crippen molar-refractivity contribution in [1.82, 2.24) is 14.8 Å². The molecule has 0 fully saturated rings. The minimum atomic E-state index is -0.454. The topological polar surface area (TPSA) is 83.1 Å². The van der Waals surface area contributed by atoms with Crippen LogP contribution in [0.15, 0.2) is 36.9 Å². The number of aromatic nitrogens is 3. The average Bonchev–Trinajstić information content (AvgIpc) is 2.82. The Kier molecular flexibility index (Phi) is 3.29. The first kappa shape index (κ1) is 11.1. The lowest BCUT2D eigenvalue weighted by Crippen LogP contribution is -2.08. The third kappa shape index (κ3) is 3.00. The highest BCUT2D eigenvalue weighted by molar-refractivity contribution is 5.37. The van der Waals surface area contributed by atoms with Gasteiger partial charge in [-0.15, -0.1) is 0 Å². The van der Waals surface area contributed by atoms with E-state index in [9.17, 15) is 10.1 Å². The SMILES string of the molecule is O=[N+]([O-])c1cccc(OCCn2cncn2)c1. The van der Waals surface area contributed by atoms with Crippen LogP contribution in [0, 0.1) is 10.1 Å². The summed E-state index contributed by atoms with van der Waals surface area (Å²) in [6.45, 7) is 0.924. The Morgan fingerprint density at radius 1 is 1.47 bits per heavy atom. The van der Waals surface area contributed by atoms with Gasteiger partial charge in [0.1, 0.15) is 25.0 Å². The second-order valence-electron chi connectivity index (χ2n) is 3.26. The van der Waals surface area contributed by atoms with E-state index in [2.05, 4.69) is 10.1 Å². The van der Waals surface area contributed by atoms with E-state index in [4.69, 9.17) is 4.74 Å². The van der Waals surface area contributed by atoms with Gasteiger partial charge in [-0.25, -0.2) is 9.67 Å². The number of benzene rings is 1. The van der Waals surface area contributed by atoms with Gasteiger partial charge in [-0.3, -0.25) is 10.1 Å². The Morgan fingerprint density at radius 2 is 2.35 bits per heavy atom. The highest BCUT2D eigenvalue weighted by Crippen LogP contribution is 2.18. The van der Waals surface area contributed by atoms with E-state index in [0.29, 0.717) is 18.9 Å². The zero-order valence-corrected chi connectivity index (χ0v) is 8.89. The lowest BCUT2D eigenvalue weighted by molar-refractivity contribution is -0.384. The maximum absolute atomic E-state index is 10.5. The summed E-state index contributed by atoms with van der Waals surface area (Å²) in [5.41, 5.74) is 0.0169. The first-order valence-electron chi connectivity index (χ1n) is 4.95. The summed E-state index contributed by atoms with van der Waals surface area (Å²) in [4.78, 5) is 13.9. The Balaban J connectivity index is 1.90. The van der Waals surface area contributed by atoms with E-state index in [1.165, 1.54) is 18.5 Å². The number of nitro groups is 1. The molecule has 0 aliphatic heterocycles. The normalized spacial score (nSPS) is 10.1. The second kappa shape index (κ2) is 5.06. The molecule has 0 saturated carbocycles. The smallest absolute Gasteiger partial charge is 0.273 e. The van der Waals surface area contributed by atoms with Crippen LogP contribution in [0.1, 0.15) is 0 Å². The molecule has 0 atom stereocenters. The third-order valence-corrected chi connectivity index (χ3v) is 2.08. The van der Waals surface area contributed by atoms with Crippen LogP contribution in [0.25, 0.3) is 0 Å². The number of nitrogens with zero attached hydrogens (tertiary/aromatic N) is 4. The van der Waals surface area contributed by atoms with E-state index in [0.717, 1.165) is 0 Å². The van der Waals surface area contributed by atoms with Crippen LogP contribution in [0.3, 0.4) is 0 Å². The van der Waals surface area contributed by atoms with E-state index in [1.54, 1.807) is 23.1 Å². The van der Waals surface area contributed by atoms with Gasteiger partial charge in [-0.1, -0.05) is 6.07 Å². The molecule has 7 heteroatoms. The van der Waals surface area contributed by atoms with Gasteiger partial charge in [-0.05, 0) is 6.07 Å². The molecule has 0 aliphatic rings. The highest BCUT2D eigenvalue weighted by Gasteiger charge is 2.05. The molecule has 0 N–H and O–H groups in total. The summed E-state index contributed by atoms with van der Waals surface area (Å²) < 4.78 is 7.00. The zero-order valence-electron chi connectivity index (χ0n) is 8.89. The van der Waals surface area contributed by atoms with E-state index < -0.39 is 4.92 Å². The van der Waals surface area contributed by atoms with Crippen LogP contribution in [0.2, 0.25) is 0 Å². The van der Waals surface area contributed by atoms with Crippen molar-refractivity contribution in [3.63, 3.8) is 0 Å². The summed E-state index contributed by atoms with van der Waals surface area (Å²) in [7, 11) is 0. The van der Waals surface area contributed by atoms with Crippen molar-refractivity contribution in [2.75, 3.05) is 6.61 Å². The molecule has 0 spiro atoms. The molecule has 0 aliphatic carbocycles. The summed E-state index contributed by atoms with van der Waals surface area (Å²) in [6, 6.07) is 6.07. The molecule has 0 amide bonds. The summed E-state index contributed by atoms with van der Waals surface area (Å²) in [5, 5.41) is 14.5.